The highest BCUT2D eigenvalue weighted by Crippen LogP contribution is 2.33. The molecule has 0 aromatic heterocycles. The third-order valence-corrected chi connectivity index (χ3v) is 3.75. The van der Waals surface area contributed by atoms with Gasteiger partial charge in [-0.1, -0.05) is 25.3 Å². The summed E-state index contributed by atoms with van der Waals surface area (Å²) >= 11 is 0. The fraction of sp³-hybridized carbons (Fsp3) is 0.500. The number of carboxylic acid groups (broad SMARTS) is 1. The van der Waals surface area contributed by atoms with Gasteiger partial charge >= 0.3 is 5.97 Å². The monoisotopic (exact) mass is 267 g/mol. The average Bonchev–Trinajstić information content (AvgIpc) is 2.42. The van der Waals surface area contributed by atoms with Crippen LogP contribution in [0.1, 0.15) is 42.5 Å². The van der Waals surface area contributed by atoms with Gasteiger partial charge in [0.15, 0.2) is 0 Å². The second-order valence-electron chi connectivity index (χ2n) is 5.09. The number of aliphatic hydroxyl groups is 1. The number of hydrogen-bond donors (Lipinski definition) is 3. The van der Waals surface area contributed by atoms with Gasteiger partial charge in [0.25, 0.3) is 0 Å². The van der Waals surface area contributed by atoms with Gasteiger partial charge in [0.05, 0.1) is 23.4 Å². The minimum atomic E-state index is -1.18. The highest BCUT2D eigenvalue weighted by Gasteiger charge is 2.33. The predicted octanol–water partition coefficient (Wildman–Crippen LogP) is 2.63. The molecule has 2 rings (SSSR count). The summed E-state index contributed by atoms with van der Waals surface area (Å²) in [6, 6.07) is 3.96. The highest BCUT2D eigenvalue weighted by molar-refractivity contribution is 5.94. The molecular weight excluding hydrogens is 249 g/mol. The Morgan fingerprint density at radius 1 is 1.32 bits per heavy atom. The Morgan fingerprint density at radius 2 is 2.00 bits per heavy atom. The zero-order valence-corrected chi connectivity index (χ0v) is 10.7. The van der Waals surface area contributed by atoms with Gasteiger partial charge in [-0.05, 0) is 25.0 Å². The van der Waals surface area contributed by atoms with E-state index >= 15 is 0 Å². The minimum Gasteiger partial charge on any atom is -0.478 e. The normalized spacial score (nSPS) is 18.0. The van der Waals surface area contributed by atoms with Crippen molar-refractivity contribution < 1.29 is 19.4 Å². The van der Waals surface area contributed by atoms with E-state index in [0.29, 0.717) is 0 Å². The number of hydrogen-bond acceptors (Lipinski definition) is 3. The van der Waals surface area contributed by atoms with Gasteiger partial charge in [-0.15, -0.1) is 0 Å². The van der Waals surface area contributed by atoms with E-state index in [1.807, 2.05) is 0 Å². The molecule has 1 saturated carbocycles. The first-order chi connectivity index (χ1) is 9.08. The Bertz CT molecular complexity index is 470. The van der Waals surface area contributed by atoms with Gasteiger partial charge in [-0.3, -0.25) is 0 Å². The van der Waals surface area contributed by atoms with Crippen molar-refractivity contribution in [2.24, 2.45) is 0 Å². The molecule has 3 N–H and O–H groups in total. The summed E-state index contributed by atoms with van der Waals surface area (Å²) in [4.78, 5) is 11.1. The van der Waals surface area contributed by atoms with Crippen molar-refractivity contribution in [2.75, 3.05) is 11.9 Å². The lowest BCUT2D eigenvalue weighted by molar-refractivity contribution is 0.0697. The summed E-state index contributed by atoms with van der Waals surface area (Å²) < 4.78 is 13.9. The number of anilines is 1. The van der Waals surface area contributed by atoms with E-state index in [2.05, 4.69) is 5.32 Å². The van der Waals surface area contributed by atoms with E-state index in [1.165, 1.54) is 18.2 Å². The van der Waals surface area contributed by atoms with Crippen molar-refractivity contribution in [1.82, 2.24) is 0 Å². The van der Waals surface area contributed by atoms with Crippen LogP contribution in [0.25, 0.3) is 0 Å². The maximum Gasteiger partial charge on any atom is 0.337 e. The van der Waals surface area contributed by atoms with Crippen LogP contribution in [-0.2, 0) is 0 Å². The molecule has 1 aliphatic carbocycles. The van der Waals surface area contributed by atoms with Gasteiger partial charge in [0, 0.05) is 0 Å². The van der Waals surface area contributed by atoms with Crippen LogP contribution in [-0.4, -0.2) is 28.3 Å². The van der Waals surface area contributed by atoms with E-state index in [0.717, 1.165) is 32.1 Å². The summed E-state index contributed by atoms with van der Waals surface area (Å²) in [5.74, 6) is -1.77. The molecule has 0 heterocycles. The first kappa shape index (κ1) is 13.8. The van der Waals surface area contributed by atoms with E-state index in [-0.39, 0.29) is 17.9 Å². The van der Waals surface area contributed by atoms with Crippen LogP contribution >= 0.6 is 0 Å². The zero-order chi connectivity index (χ0) is 13.9. The first-order valence-electron chi connectivity index (χ1n) is 6.49. The molecule has 0 amide bonds. The molecule has 1 aliphatic rings. The molecule has 0 spiro atoms. The molecule has 4 nitrogen and oxygen atoms in total. The lowest BCUT2D eigenvalue weighted by Gasteiger charge is -2.37. The van der Waals surface area contributed by atoms with Gasteiger partial charge < -0.3 is 15.5 Å². The van der Waals surface area contributed by atoms with Crippen molar-refractivity contribution in [3.63, 3.8) is 0 Å². The van der Waals surface area contributed by atoms with Gasteiger partial charge in [0.2, 0.25) is 0 Å². The van der Waals surface area contributed by atoms with Crippen LogP contribution in [0.3, 0.4) is 0 Å². The zero-order valence-electron chi connectivity index (χ0n) is 10.7. The molecule has 1 aromatic rings. The average molecular weight is 267 g/mol. The number of carbonyl (C=O) groups is 1. The summed E-state index contributed by atoms with van der Waals surface area (Å²) in [6.07, 6.45) is 4.43. The number of carboxylic acids is 1. The Hall–Kier alpha value is -1.62. The van der Waals surface area contributed by atoms with Crippen LogP contribution in [0.15, 0.2) is 18.2 Å². The van der Waals surface area contributed by atoms with Crippen molar-refractivity contribution in [2.45, 2.75) is 37.6 Å². The van der Waals surface area contributed by atoms with E-state index in [4.69, 9.17) is 5.11 Å². The largest absolute Gasteiger partial charge is 0.478 e. The molecule has 0 unspecified atom stereocenters. The quantitative estimate of drug-likeness (QED) is 0.784. The van der Waals surface area contributed by atoms with Crippen LogP contribution < -0.4 is 5.32 Å². The first-order valence-corrected chi connectivity index (χ1v) is 6.49. The Kier molecular flexibility index (Phi) is 4.04. The van der Waals surface area contributed by atoms with Crippen molar-refractivity contribution in [3.8, 4) is 0 Å². The maximum absolute atomic E-state index is 13.9. The standard InChI is InChI=1S/C14H18FNO3/c15-11-6-4-5-10(13(18)19)12(11)16-14(9-17)7-2-1-3-8-14/h4-6,16-17H,1-3,7-9H2,(H,18,19). The van der Waals surface area contributed by atoms with E-state index < -0.39 is 17.3 Å². The molecule has 1 aromatic carbocycles. The second-order valence-corrected chi connectivity index (χ2v) is 5.09. The van der Waals surface area contributed by atoms with Crippen molar-refractivity contribution in [1.29, 1.82) is 0 Å². The summed E-state index contributed by atoms with van der Waals surface area (Å²) in [7, 11) is 0. The highest BCUT2D eigenvalue weighted by atomic mass is 19.1. The summed E-state index contributed by atoms with van der Waals surface area (Å²) in [5.41, 5.74) is -0.727. The number of para-hydroxylation sites is 1. The van der Waals surface area contributed by atoms with Crippen molar-refractivity contribution in [3.05, 3.63) is 29.6 Å². The molecule has 1 fully saturated rings. The molecule has 0 bridgehead atoms. The Labute approximate surface area is 111 Å². The van der Waals surface area contributed by atoms with Crippen LogP contribution in [0.5, 0.6) is 0 Å². The predicted molar refractivity (Wildman–Crippen MR) is 69.9 cm³/mol. The third kappa shape index (κ3) is 2.87. The number of aliphatic hydroxyl groups excluding tert-OH is 1. The topological polar surface area (TPSA) is 69.6 Å². The Balaban J connectivity index is 2.33. The fourth-order valence-corrected chi connectivity index (χ4v) is 2.65. The molecule has 0 radical (unpaired) electrons. The maximum atomic E-state index is 13.9. The molecule has 104 valence electrons. The molecule has 19 heavy (non-hydrogen) atoms. The van der Waals surface area contributed by atoms with Crippen LogP contribution in [0, 0.1) is 5.82 Å². The molecule has 0 aliphatic heterocycles. The number of aromatic carboxylic acids is 1. The smallest absolute Gasteiger partial charge is 0.337 e. The summed E-state index contributed by atoms with van der Waals surface area (Å²) in [5, 5.41) is 21.7. The summed E-state index contributed by atoms with van der Waals surface area (Å²) in [6.45, 7) is -0.125. The molecule has 0 atom stereocenters. The van der Waals surface area contributed by atoms with Gasteiger partial charge in [0.1, 0.15) is 5.82 Å². The lowest BCUT2D eigenvalue weighted by Crippen LogP contribution is -2.44. The fourth-order valence-electron chi connectivity index (χ4n) is 2.65. The molecular formula is C14H18FNO3. The number of rotatable bonds is 4. The van der Waals surface area contributed by atoms with E-state index in [1.54, 1.807) is 0 Å². The van der Waals surface area contributed by atoms with Crippen molar-refractivity contribution >= 4 is 11.7 Å². The van der Waals surface area contributed by atoms with E-state index in [9.17, 15) is 14.3 Å². The third-order valence-electron chi connectivity index (χ3n) is 3.75. The van der Waals surface area contributed by atoms with Crippen LogP contribution in [0.2, 0.25) is 0 Å². The minimum absolute atomic E-state index is 0.0223. The number of halogens is 1. The number of nitrogens with one attached hydrogen (secondary N) is 1. The second kappa shape index (κ2) is 5.57. The SMILES string of the molecule is O=C(O)c1cccc(F)c1NC1(CO)CCCCC1. The van der Waals surface area contributed by atoms with Gasteiger partial charge in [-0.2, -0.15) is 0 Å². The number of benzene rings is 1. The van der Waals surface area contributed by atoms with Gasteiger partial charge in [-0.25, -0.2) is 9.18 Å². The lowest BCUT2D eigenvalue weighted by atomic mass is 9.82. The molecule has 0 saturated heterocycles. The Morgan fingerprint density at radius 3 is 2.58 bits per heavy atom. The van der Waals surface area contributed by atoms with Crippen LogP contribution in [0.4, 0.5) is 10.1 Å². The molecule has 5 heteroatoms.